The fourth-order valence-corrected chi connectivity index (χ4v) is 7.12. The molecule has 3 heterocycles. The molecule has 3 N–H and O–H groups in total. The molecule has 2 aromatic heterocycles. The highest BCUT2D eigenvalue weighted by Crippen LogP contribution is 2.36. The number of hydrogen-bond acceptors (Lipinski definition) is 5. The molecule has 0 bridgehead atoms. The number of nitrogens with zero attached hydrogens (tertiary/aromatic N) is 4. The van der Waals surface area contributed by atoms with Crippen LogP contribution in [0.1, 0.15) is 82.2 Å². The Hall–Kier alpha value is -6.40. The Kier molecular flexibility index (Phi) is 10.7. The number of aliphatic imine (C=N–C) groups is 1. The van der Waals surface area contributed by atoms with E-state index < -0.39 is 11.4 Å². The first-order chi connectivity index (χ1) is 26.9. The van der Waals surface area contributed by atoms with E-state index in [1.165, 1.54) is 16.7 Å². The second-order valence-corrected chi connectivity index (χ2v) is 15.5. The summed E-state index contributed by atoms with van der Waals surface area (Å²) in [7, 11) is 0. The molecule has 56 heavy (non-hydrogen) atoms. The molecule has 2 atom stereocenters. The average Bonchev–Trinajstić information content (AvgIpc) is 3.85. The monoisotopic (exact) mass is 743 g/mol. The topological polar surface area (TPSA) is 109 Å². The minimum atomic E-state index is -0.627. The number of allylic oxidation sites excluding steroid dienone is 4. The van der Waals surface area contributed by atoms with Crippen LogP contribution in [0.4, 0.5) is 16.3 Å². The summed E-state index contributed by atoms with van der Waals surface area (Å²) in [5, 5.41) is 21.1. The van der Waals surface area contributed by atoms with Crippen molar-refractivity contribution in [2.45, 2.75) is 79.1 Å². The average molecular weight is 744 g/mol. The van der Waals surface area contributed by atoms with E-state index >= 15 is 0 Å². The molecule has 284 valence electrons. The van der Waals surface area contributed by atoms with Crippen molar-refractivity contribution in [3.63, 3.8) is 0 Å². The van der Waals surface area contributed by atoms with E-state index in [1.54, 1.807) is 4.68 Å². The number of aryl methyl sites for hydroxylation is 2. The summed E-state index contributed by atoms with van der Waals surface area (Å²) in [6, 6.07) is 25.6. The lowest BCUT2D eigenvalue weighted by atomic mass is 9.84. The van der Waals surface area contributed by atoms with Gasteiger partial charge in [-0.1, -0.05) is 73.4 Å². The zero-order valence-electron chi connectivity index (χ0n) is 33.2. The van der Waals surface area contributed by atoms with E-state index in [-0.39, 0.29) is 0 Å². The number of aromatic amines is 1. The molecule has 1 aliphatic heterocycles. The summed E-state index contributed by atoms with van der Waals surface area (Å²) in [6.45, 7) is 14.8. The Morgan fingerprint density at radius 1 is 0.982 bits per heavy atom. The largest absolute Gasteiger partial charge is 0.461 e. The number of carbonyl (C=O) groups excluding carboxylic acids is 1. The van der Waals surface area contributed by atoms with Gasteiger partial charge in [0.15, 0.2) is 0 Å². The predicted octanol–water partition coefficient (Wildman–Crippen LogP) is 11.3. The Labute approximate surface area is 329 Å². The van der Waals surface area contributed by atoms with Crippen molar-refractivity contribution in [3.8, 4) is 23.8 Å². The van der Waals surface area contributed by atoms with Gasteiger partial charge in [0, 0.05) is 40.6 Å². The number of benzene rings is 4. The molecule has 6 aromatic rings. The van der Waals surface area contributed by atoms with Crippen molar-refractivity contribution in [2.24, 2.45) is 10.9 Å². The van der Waals surface area contributed by atoms with Crippen molar-refractivity contribution >= 4 is 45.4 Å². The van der Waals surface area contributed by atoms with Gasteiger partial charge in [0.1, 0.15) is 17.3 Å². The Bertz CT molecular complexity index is 2560. The molecule has 2 unspecified atom stereocenters. The summed E-state index contributed by atoms with van der Waals surface area (Å²) in [5.74, 6) is 5.61. The van der Waals surface area contributed by atoms with Gasteiger partial charge in [-0.3, -0.25) is 15.4 Å². The molecule has 7 rings (SSSR count). The van der Waals surface area contributed by atoms with Gasteiger partial charge >= 0.3 is 6.03 Å². The summed E-state index contributed by atoms with van der Waals surface area (Å²) >= 11 is 0. The highest BCUT2D eigenvalue weighted by molar-refractivity contribution is 6.07. The number of rotatable bonds is 10. The zero-order valence-corrected chi connectivity index (χ0v) is 33.2. The van der Waals surface area contributed by atoms with Gasteiger partial charge in [0.25, 0.3) is 0 Å². The highest BCUT2D eigenvalue weighted by Gasteiger charge is 2.25. The van der Waals surface area contributed by atoms with Gasteiger partial charge in [-0.2, -0.15) is 10.2 Å². The quantitative estimate of drug-likeness (QED) is 0.121. The van der Waals surface area contributed by atoms with E-state index in [0.717, 1.165) is 63.6 Å². The number of aromatic nitrogens is 4. The van der Waals surface area contributed by atoms with E-state index in [9.17, 15) is 4.79 Å². The van der Waals surface area contributed by atoms with Crippen LogP contribution in [0.5, 0.6) is 5.75 Å². The SMILES string of the molecule is C#CC(C)(C)c1cc(NC(=O)Nc2ccc(OC3=CC=NC(CC(C)C(C)c4cc(C)c5[nH]ncc5c4)=C(C)CC3)c3ccccc23)n(-c2ccc(C)cc2)n1. The molecule has 1 aliphatic rings. The third kappa shape index (κ3) is 8.01. The molecule has 9 nitrogen and oxygen atoms in total. The zero-order chi connectivity index (χ0) is 39.6. The number of urea groups is 1. The maximum Gasteiger partial charge on any atom is 0.324 e. The molecule has 2 amide bonds. The predicted molar refractivity (Wildman–Crippen MR) is 229 cm³/mol. The number of terminal acetylenes is 1. The first-order valence-corrected chi connectivity index (χ1v) is 19.2. The Morgan fingerprint density at radius 2 is 1.75 bits per heavy atom. The number of nitrogens with one attached hydrogen (secondary N) is 3. The molecule has 0 spiro atoms. The summed E-state index contributed by atoms with van der Waals surface area (Å²) in [6.07, 6.45) is 14.1. The van der Waals surface area contributed by atoms with Gasteiger partial charge in [0.2, 0.25) is 0 Å². The number of anilines is 2. The molecule has 0 aliphatic carbocycles. The molecule has 0 fully saturated rings. The van der Waals surface area contributed by atoms with Gasteiger partial charge in [-0.25, -0.2) is 9.48 Å². The fourth-order valence-electron chi connectivity index (χ4n) is 7.12. The minimum absolute atomic E-state index is 0.363. The van der Waals surface area contributed by atoms with Crippen molar-refractivity contribution in [3.05, 3.63) is 131 Å². The van der Waals surface area contributed by atoms with E-state index in [1.807, 2.05) is 106 Å². The Balaban J connectivity index is 1.05. The number of fused-ring (bicyclic) bond motifs is 2. The molecule has 0 saturated heterocycles. The molecular formula is C47H49N7O2. The number of amides is 2. The van der Waals surface area contributed by atoms with Crippen LogP contribution in [0.25, 0.3) is 27.4 Å². The molecule has 9 heteroatoms. The first kappa shape index (κ1) is 37.9. The maximum atomic E-state index is 13.6. The van der Waals surface area contributed by atoms with Gasteiger partial charge in [-0.15, -0.1) is 6.42 Å². The van der Waals surface area contributed by atoms with Crippen molar-refractivity contribution in [1.29, 1.82) is 0 Å². The van der Waals surface area contributed by atoms with Gasteiger partial charge in [0.05, 0.1) is 34.2 Å². The lowest BCUT2D eigenvalue weighted by molar-refractivity contribution is 0.262. The van der Waals surface area contributed by atoms with Crippen molar-refractivity contribution in [2.75, 3.05) is 10.6 Å². The van der Waals surface area contributed by atoms with Crippen molar-refractivity contribution < 1.29 is 9.53 Å². The second kappa shape index (κ2) is 15.8. The lowest BCUT2D eigenvalue weighted by Gasteiger charge is -2.23. The Morgan fingerprint density at radius 3 is 2.52 bits per heavy atom. The maximum absolute atomic E-state index is 13.6. The lowest BCUT2D eigenvalue weighted by Crippen LogP contribution is -2.21. The number of H-pyrrole nitrogens is 1. The minimum Gasteiger partial charge on any atom is -0.461 e. The summed E-state index contributed by atoms with van der Waals surface area (Å²) in [4.78, 5) is 18.5. The van der Waals surface area contributed by atoms with Crippen LogP contribution in [0.2, 0.25) is 0 Å². The molecule has 0 radical (unpaired) electrons. The number of ether oxygens (including phenoxy) is 1. The van der Waals surface area contributed by atoms with Crippen LogP contribution < -0.4 is 15.4 Å². The smallest absolute Gasteiger partial charge is 0.324 e. The standard InChI is InChI=1S/C47H49N7O2/c1-9-47(7,8)43-27-44(54(53-43)36-17-14-29(2)15-18-36)51-46(55)50-40-20-21-42(39-13-11-10-12-38(39)40)56-37-19-16-30(3)41(48-23-22-37)25-31(4)33(6)34-24-32(5)45-35(26-34)28-49-52-45/h1,10-15,17-18,20-24,26-28,31,33H,16,19,25H2,2-8H3,(H,49,52)(H2,50,51,55). The van der Waals surface area contributed by atoms with Crippen LogP contribution in [-0.2, 0) is 5.41 Å². The van der Waals surface area contributed by atoms with Crippen molar-refractivity contribution in [1.82, 2.24) is 20.0 Å². The van der Waals surface area contributed by atoms with Gasteiger partial charge < -0.3 is 10.1 Å². The third-order valence-corrected chi connectivity index (χ3v) is 11.0. The van der Waals surface area contributed by atoms with E-state index in [0.29, 0.717) is 34.8 Å². The summed E-state index contributed by atoms with van der Waals surface area (Å²) < 4.78 is 8.27. The first-order valence-electron chi connectivity index (χ1n) is 19.2. The molecule has 4 aromatic carbocycles. The van der Waals surface area contributed by atoms with Crippen LogP contribution >= 0.6 is 0 Å². The van der Waals surface area contributed by atoms with E-state index in [2.05, 4.69) is 66.6 Å². The number of hydrogen-bond donors (Lipinski definition) is 3. The van der Waals surface area contributed by atoms with Gasteiger partial charge in [-0.05, 0) is 107 Å². The van der Waals surface area contributed by atoms with Crippen LogP contribution in [0.3, 0.4) is 0 Å². The van der Waals surface area contributed by atoms with Crippen LogP contribution in [0.15, 0.2) is 113 Å². The normalized spacial score (nSPS) is 14.5. The molecular weight excluding hydrogens is 695 g/mol. The van der Waals surface area contributed by atoms with E-state index in [4.69, 9.17) is 21.3 Å². The fraction of sp³-hybridized carbons (Fsp3) is 0.277. The number of carbonyl (C=O) groups is 1. The molecule has 0 saturated carbocycles. The van der Waals surface area contributed by atoms with Crippen LogP contribution in [-0.4, -0.2) is 32.2 Å². The third-order valence-electron chi connectivity index (χ3n) is 11.0. The second-order valence-electron chi connectivity index (χ2n) is 15.5. The highest BCUT2D eigenvalue weighted by atomic mass is 16.5. The summed E-state index contributed by atoms with van der Waals surface area (Å²) in [5.41, 5.74) is 8.68. The van der Waals surface area contributed by atoms with Crippen LogP contribution in [0, 0.1) is 32.1 Å².